The molecule has 152 valence electrons. The molecule has 0 bridgehead atoms. The number of rotatable bonds is 5. The van der Waals surface area contributed by atoms with Crippen molar-refractivity contribution in [2.24, 2.45) is 0 Å². The molecule has 0 N–H and O–H groups in total. The van der Waals surface area contributed by atoms with Crippen LogP contribution in [0.3, 0.4) is 0 Å². The fraction of sp³-hybridized carbons (Fsp3) is 0.429. The highest BCUT2D eigenvalue weighted by atomic mass is 35.5. The smallest absolute Gasteiger partial charge is 0.316 e. The zero-order valence-corrected chi connectivity index (χ0v) is 17.8. The summed E-state index contributed by atoms with van der Waals surface area (Å²) < 4.78 is 6.99. The third-order valence-electron chi connectivity index (χ3n) is 5.47. The van der Waals surface area contributed by atoms with Gasteiger partial charge in [0, 0.05) is 11.1 Å². The lowest BCUT2D eigenvalue weighted by Crippen LogP contribution is -2.39. The summed E-state index contributed by atoms with van der Waals surface area (Å²) in [6.45, 7) is 1.94. The van der Waals surface area contributed by atoms with Gasteiger partial charge in [0.15, 0.2) is 0 Å². The molecule has 1 aromatic carbocycles. The van der Waals surface area contributed by atoms with Crippen LogP contribution in [0.15, 0.2) is 35.1 Å². The number of nitrogens with zero attached hydrogens (tertiary/aromatic N) is 3. The van der Waals surface area contributed by atoms with E-state index in [1.165, 1.54) is 21.9 Å². The quantitative estimate of drug-likeness (QED) is 0.562. The second-order valence-electron chi connectivity index (χ2n) is 7.36. The van der Waals surface area contributed by atoms with Crippen molar-refractivity contribution in [2.75, 3.05) is 0 Å². The van der Waals surface area contributed by atoms with Crippen LogP contribution >= 0.6 is 22.9 Å². The van der Waals surface area contributed by atoms with E-state index in [1.54, 1.807) is 6.07 Å². The Balaban J connectivity index is 1.58. The van der Waals surface area contributed by atoms with E-state index < -0.39 is 5.41 Å². The van der Waals surface area contributed by atoms with Crippen LogP contribution < -0.4 is 5.56 Å². The van der Waals surface area contributed by atoms with Gasteiger partial charge < -0.3 is 4.74 Å². The summed E-state index contributed by atoms with van der Waals surface area (Å²) in [7, 11) is 0. The zero-order valence-electron chi connectivity index (χ0n) is 16.2. The van der Waals surface area contributed by atoms with Crippen molar-refractivity contribution in [3.05, 3.63) is 62.0 Å². The van der Waals surface area contributed by atoms with Gasteiger partial charge in [0.05, 0.1) is 11.1 Å². The summed E-state index contributed by atoms with van der Waals surface area (Å²) in [5, 5.41) is 5.69. The molecule has 0 saturated heterocycles. The Kier molecular flexibility index (Phi) is 5.69. The van der Waals surface area contributed by atoms with Crippen LogP contribution in [0.4, 0.5) is 0 Å². The van der Waals surface area contributed by atoms with Crippen LogP contribution in [0.5, 0.6) is 0 Å². The predicted octanol–water partition coefficient (Wildman–Crippen LogP) is 4.31. The number of halogens is 1. The minimum absolute atomic E-state index is 0.0355. The molecule has 1 aliphatic rings. The standard InChI is InChI=1S/C21H22ClN3O3S/c1-2-17-24-25-18(26)12-16(23-20(25)29-17)13-28-19(27)21(9-4-3-5-10-21)14-7-6-8-15(22)11-14/h6-8,11-12H,2-5,9-10,13H2,1H3. The van der Waals surface area contributed by atoms with Crippen LogP contribution in [0.2, 0.25) is 5.02 Å². The summed E-state index contributed by atoms with van der Waals surface area (Å²) in [6, 6.07) is 8.85. The Morgan fingerprint density at radius 3 is 2.79 bits per heavy atom. The highest BCUT2D eigenvalue weighted by Gasteiger charge is 2.42. The van der Waals surface area contributed by atoms with Gasteiger partial charge in [-0.3, -0.25) is 9.59 Å². The van der Waals surface area contributed by atoms with Crippen LogP contribution in [0, 0.1) is 0 Å². The Morgan fingerprint density at radius 1 is 1.28 bits per heavy atom. The average Bonchev–Trinajstić information content (AvgIpc) is 3.16. The molecule has 1 saturated carbocycles. The molecule has 0 amide bonds. The number of fused-ring (bicyclic) bond motifs is 1. The molecule has 4 rings (SSSR count). The second-order valence-corrected chi connectivity index (χ2v) is 8.84. The summed E-state index contributed by atoms with van der Waals surface area (Å²) in [5.74, 6) is -0.278. The van der Waals surface area contributed by atoms with Gasteiger partial charge in [-0.25, -0.2) is 4.98 Å². The molecular formula is C21H22ClN3O3S. The van der Waals surface area contributed by atoms with E-state index in [9.17, 15) is 9.59 Å². The van der Waals surface area contributed by atoms with Crippen molar-refractivity contribution in [1.82, 2.24) is 14.6 Å². The molecule has 0 spiro atoms. The third-order valence-corrected chi connectivity index (χ3v) is 6.76. The summed E-state index contributed by atoms with van der Waals surface area (Å²) in [4.78, 5) is 30.5. The van der Waals surface area contributed by atoms with E-state index in [0.717, 1.165) is 49.1 Å². The van der Waals surface area contributed by atoms with Crippen molar-refractivity contribution < 1.29 is 9.53 Å². The Bertz CT molecular complexity index is 1100. The molecule has 0 radical (unpaired) electrons. The van der Waals surface area contributed by atoms with Gasteiger partial charge in [0.25, 0.3) is 5.56 Å². The first-order valence-corrected chi connectivity index (χ1v) is 11.0. The first-order valence-electron chi connectivity index (χ1n) is 9.84. The maximum Gasteiger partial charge on any atom is 0.316 e. The number of carbonyl (C=O) groups is 1. The number of carbonyl (C=O) groups excluding carboxylic acids is 1. The number of aromatic nitrogens is 3. The maximum absolute atomic E-state index is 13.2. The van der Waals surface area contributed by atoms with Crippen LogP contribution in [-0.4, -0.2) is 20.6 Å². The van der Waals surface area contributed by atoms with Gasteiger partial charge in [0.1, 0.15) is 11.6 Å². The molecule has 1 aliphatic carbocycles. The van der Waals surface area contributed by atoms with Crippen LogP contribution in [0.25, 0.3) is 4.96 Å². The van der Waals surface area contributed by atoms with E-state index in [2.05, 4.69) is 10.1 Å². The van der Waals surface area contributed by atoms with Gasteiger partial charge in [-0.15, -0.1) is 0 Å². The van der Waals surface area contributed by atoms with Crippen LogP contribution in [0.1, 0.15) is 55.3 Å². The highest BCUT2D eigenvalue weighted by molar-refractivity contribution is 7.16. The Morgan fingerprint density at radius 2 is 2.07 bits per heavy atom. The first kappa shape index (κ1) is 20.0. The lowest BCUT2D eigenvalue weighted by molar-refractivity contribution is -0.153. The largest absolute Gasteiger partial charge is 0.458 e. The van der Waals surface area contributed by atoms with Crippen molar-refractivity contribution in [3.8, 4) is 0 Å². The van der Waals surface area contributed by atoms with E-state index in [4.69, 9.17) is 16.3 Å². The van der Waals surface area contributed by atoms with E-state index in [1.807, 2.05) is 25.1 Å². The fourth-order valence-electron chi connectivity index (χ4n) is 3.94. The Labute approximate surface area is 177 Å². The van der Waals surface area contributed by atoms with Gasteiger partial charge in [0.2, 0.25) is 4.96 Å². The number of esters is 1. The molecule has 8 heteroatoms. The Hall–Kier alpha value is -2.25. The molecule has 0 atom stereocenters. The zero-order chi connectivity index (χ0) is 20.4. The van der Waals surface area contributed by atoms with E-state index in [-0.39, 0.29) is 18.1 Å². The SMILES string of the molecule is CCc1nn2c(=O)cc(COC(=O)C3(c4cccc(Cl)c4)CCCCC3)nc2s1. The first-order chi connectivity index (χ1) is 14.0. The normalized spacial score (nSPS) is 16.1. The summed E-state index contributed by atoms with van der Waals surface area (Å²) in [6.07, 6.45) is 5.24. The van der Waals surface area contributed by atoms with E-state index in [0.29, 0.717) is 15.7 Å². The molecule has 29 heavy (non-hydrogen) atoms. The molecule has 2 heterocycles. The van der Waals surface area contributed by atoms with E-state index >= 15 is 0 Å². The molecule has 0 unspecified atom stereocenters. The van der Waals surface area contributed by atoms with Crippen LogP contribution in [-0.2, 0) is 28.0 Å². The number of aryl methyl sites for hydroxylation is 1. The van der Waals surface area contributed by atoms with Gasteiger partial charge in [-0.05, 0) is 37.0 Å². The van der Waals surface area contributed by atoms with Gasteiger partial charge in [-0.2, -0.15) is 9.61 Å². The predicted molar refractivity (Wildman–Crippen MR) is 113 cm³/mol. The minimum atomic E-state index is -0.692. The molecule has 2 aromatic heterocycles. The number of benzene rings is 1. The molecule has 6 nitrogen and oxygen atoms in total. The van der Waals surface area contributed by atoms with Crippen molar-refractivity contribution in [2.45, 2.75) is 57.5 Å². The number of hydrogen-bond acceptors (Lipinski definition) is 6. The third kappa shape index (κ3) is 3.94. The summed E-state index contributed by atoms with van der Waals surface area (Å²) in [5.41, 5.74) is 0.376. The lowest BCUT2D eigenvalue weighted by atomic mass is 9.69. The highest BCUT2D eigenvalue weighted by Crippen LogP contribution is 2.41. The van der Waals surface area contributed by atoms with Crippen molar-refractivity contribution >= 4 is 33.9 Å². The lowest BCUT2D eigenvalue weighted by Gasteiger charge is -2.35. The topological polar surface area (TPSA) is 73.6 Å². The average molecular weight is 432 g/mol. The van der Waals surface area contributed by atoms with Gasteiger partial charge in [-0.1, -0.05) is 61.3 Å². The minimum Gasteiger partial charge on any atom is -0.458 e. The summed E-state index contributed by atoms with van der Waals surface area (Å²) >= 11 is 7.56. The molecular weight excluding hydrogens is 410 g/mol. The molecule has 0 aliphatic heterocycles. The van der Waals surface area contributed by atoms with Crippen molar-refractivity contribution in [3.63, 3.8) is 0 Å². The molecule has 1 fully saturated rings. The monoisotopic (exact) mass is 431 g/mol. The van der Waals surface area contributed by atoms with Crippen molar-refractivity contribution in [1.29, 1.82) is 0 Å². The number of hydrogen-bond donors (Lipinski definition) is 0. The van der Waals surface area contributed by atoms with Gasteiger partial charge >= 0.3 is 5.97 Å². The number of ether oxygens (including phenoxy) is 1. The maximum atomic E-state index is 13.2. The fourth-order valence-corrected chi connectivity index (χ4v) is 4.99. The second kappa shape index (κ2) is 8.24. The molecule has 3 aromatic rings.